The van der Waals surface area contributed by atoms with Crippen molar-refractivity contribution < 1.29 is 8.42 Å². The van der Waals surface area contributed by atoms with E-state index in [1.54, 1.807) is 6.07 Å². The molecule has 0 aliphatic heterocycles. The summed E-state index contributed by atoms with van der Waals surface area (Å²) in [4.78, 5) is 0. The highest BCUT2D eigenvalue weighted by molar-refractivity contribution is 9.11. The van der Waals surface area contributed by atoms with Gasteiger partial charge in [0.05, 0.1) is 3.79 Å². The third-order valence-electron chi connectivity index (χ3n) is 2.65. The normalized spacial score (nSPS) is 14.2. The maximum Gasteiger partial charge on any atom is 0.250 e. The van der Waals surface area contributed by atoms with Gasteiger partial charge >= 0.3 is 0 Å². The van der Waals surface area contributed by atoms with Crippen LogP contribution in [0.25, 0.3) is 0 Å². The summed E-state index contributed by atoms with van der Waals surface area (Å²) in [6.07, 6.45) is 0.794. The lowest BCUT2D eigenvalue weighted by Gasteiger charge is -2.19. The van der Waals surface area contributed by atoms with E-state index < -0.39 is 10.0 Å². The van der Waals surface area contributed by atoms with Crippen molar-refractivity contribution in [3.05, 3.63) is 15.4 Å². The minimum absolute atomic E-state index is 0.0128. The molecule has 1 heterocycles. The van der Waals surface area contributed by atoms with Gasteiger partial charge < -0.3 is 0 Å². The number of thiophene rings is 1. The second kappa shape index (κ2) is 5.82. The average Bonchev–Trinajstić information content (AvgIpc) is 2.56. The molecule has 1 aromatic rings. The summed E-state index contributed by atoms with van der Waals surface area (Å²) < 4.78 is 28.3. The van der Waals surface area contributed by atoms with E-state index in [2.05, 4.69) is 20.7 Å². The summed E-state index contributed by atoms with van der Waals surface area (Å²) >= 11 is 4.60. The van der Waals surface area contributed by atoms with Crippen LogP contribution >= 0.6 is 27.3 Å². The molecule has 1 N–H and O–H groups in total. The smallest absolute Gasteiger partial charge is 0.207 e. The summed E-state index contributed by atoms with van der Waals surface area (Å²) in [6, 6.07) is 1.69. The van der Waals surface area contributed by atoms with E-state index in [1.165, 1.54) is 11.3 Å². The Morgan fingerprint density at radius 2 is 2.06 bits per heavy atom. The summed E-state index contributed by atoms with van der Waals surface area (Å²) in [5.74, 6) is 0.291. The fourth-order valence-electron chi connectivity index (χ4n) is 1.51. The number of nitrogens with one attached hydrogen (secondary N) is 1. The molecule has 0 radical (unpaired) electrons. The van der Waals surface area contributed by atoms with Gasteiger partial charge in [0.25, 0.3) is 0 Å². The Morgan fingerprint density at radius 1 is 1.47 bits per heavy atom. The zero-order valence-electron chi connectivity index (χ0n) is 10.5. The number of rotatable bonds is 5. The predicted octanol–water partition coefficient (Wildman–Crippen LogP) is 3.53. The van der Waals surface area contributed by atoms with Crippen LogP contribution in [0.5, 0.6) is 0 Å². The van der Waals surface area contributed by atoms with Crippen LogP contribution < -0.4 is 4.72 Å². The first-order valence-corrected chi connectivity index (χ1v) is 8.65. The molecule has 17 heavy (non-hydrogen) atoms. The Balaban J connectivity index is 2.96. The molecule has 1 aromatic heterocycles. The second-order valence-electron chi connectivity index (χ2n) is 4.40. The van der Waals surface area contributed by atoms with Crippen LogP contribution in [0.1, 0.15) is 32.8 Å². The minimum atomic E-state index is -3.38. The molecule has 6 heteroatoms. The molecule has 0 aliphatic rings. The lowest BCUT2D eigenvalue weighted by molar-refractivity contribution is 0.438. The zero-order valence-corrected chi connectivity index (χ0v) is 13.7. The number of halogens is 1. The molecule has 0 spiro atoms. The Labute approximate surface area is 116 Å². The fourth-order valence-corrected chi connectivity index (χ4v) is 5.22. The van der Waals surface area contributed by atoms with E-state index in [9.17, 15) is 8.42 Å². The molecule has 0 aromatic carbocycles. The summed E-state index contributed by atoms with van der Waals surface area (Å²) in [5, 5.41) is 0. The van der Waals surface area contributed by atoms with Gasteiger partial charge in [0.2, 0.25) is 10.0 Å². The third kappa shape index (κ3) is 3.77. The van der Waals surface area contributed by atoms with E-state index in [1.807, 2.05) is 27.7 Å². The van der Waals surface area contributed by atoms with Crippen LogP contribution in [0.15, 0.2) is 14.1 Å². The summed E-state index contributed by atoms with van der Waals surface area (Å²) in [6.45, 7) is 7.92. The van der Waals surface area contributed by atoms with Gasteiger partial charge in [-0.3, -0.25) is 0 Å². The molecule has 0 saturated carbocycles. The molecule has 1 atom stereocenters. The SMILES string of the molecule is CCC(NS(=O)(=O)c1cc(C)c(Br)s1)C(C)C. The number of hydrogen-bond acceptors (Lipinski definition) is 3. The molecule has 1 unspecified atom stereocenters. The maximum atomic E-state index is 12.1. The van der Waals surface area contributed by atoms with Crippen LogP contribution in [-0.4, -0.2) is 14.5 Å². The van der Waals surface area contributed by atoms with Gasteiger partial charge in [-0.15, -0.1) is 11.3 Å². The lowest BCUT2D eigenvalue weighted by Crippen LogP contribution is -2.37. The van der Waals surface area contributed by atoms with Crippen molar-refractivity contribution in [2.75, 3.05) is 0 Å². The minimum Gasteiger partial charge on any atom is -0.207 e. The average molecular weight is 340 g/mol. The third-order valence-corrected chi connectivity index (χ3v) is 6.75. The Kier molecular flexibility index (Phi) is 5.19. The molecule has 98 valence electrons. The first-order chi connectivity index (χ1) is 7.77. The fraction of sp³-hybridized carbons (Fsp3) is 0.636. The van der Waals surface area contributed by atoms with Gasteiger partial charge in [-0.1, -0.05) is 20.8 Å². The van der Waals surface area contributed by atoms with E-state index >= 15 is 0 Å². The molecular weight excluding hydrogens is 322 g/mol. The standard InChI is InChI=1S/C11H18BrNO2S2/c1-5-9(7(2)3)13-17(14,15)10-6-8(4)11(12)16-10/h6-7,9,13H,5H2,1-4H3. The van der Waals surface area contributed by atoms with Crippen molar-refractivity contribution >= 4 is 37.3 Å². The molecular formula is C11H18BrNO2S2. The van der Waals surface area contributed by atoms with Crippen molar-refractivity contribution in [3.63, 3.8) is 0 Å². The Morgan fingerprint density at radius 3 is 2.41 bits per heavy atom. The van der Waals surface area contributed by atoms with Crippen molar-refractivity contribution in [1.82, 2.24) is 4.72 Å². The molecule has 0 bridgehead atoms. The van der Waals surface area contributed by atoms with Gasteiger partial charge in [0.15, 0.2) is 0 Å². The number of aryl methyl sites for hydroxylation is 1. The van der Waals surface area contributed by atoms with Crippen LogP contribution in [0.3, 0.4) is 0 Å². The van der Waals surface area contributed by atoms with Gasteiger partial charge in [-0.25, -0.2) is 13.1 Å². The molecule has 0 amide bonds. The number of sulfonamides is 1. The Hall–Kier alpha value is 0.0900. The molecule has 1 rings (SSSR count). The molecule has 0 fully saturated rings. The summed E-state index contributed by atoms with van der Waals surface area (Å²) in [5.41, 5.74) is 0.952. The molecule has 0 saturated heterocycles. The maximum absolute atomic E-state index is 12.1. The van der Waals surface area contributed by atoms with E-state index in [0.717, 1.165) is 15.8 Å². The van der Waals surface area contributed by atoms with Crippen molar-refractivity contribution in [2.24, 2.45) is 5.92 Å². The number of hydrogen-bond donors (Lipinski definition) is 1. The van der Waals surface area contributed by atoms with Crippen LogP contribution in [0.2, 0.25) is 0 Å². The van der Waals surface area contributed by atoms with Gasteiger partial charge in [0.1, 0.15) is 4.21 Å². The summed E-state index contributed by atoms with van der Waals surface area (Å²) in [7, 11) is -3.38. The first-order valence-electron chi connectivity index (χ1n) is 5.56. The van der Waals surface area contributed by atoms with Gasteiger partial charge in [-0.05, 0) is 46.8 Å². The van der Waals surface area contributed by atoms with E-state index in [4.69, 9.17) is 0 Å². The van der Waals surface area contributed by atoms with Gasteiger partial charge in [0, 0.05) is 6.04 Å². The second-order valence-corrected chi connectivity index (χ2v) is 8.71. The van der Waals surface area contributed by atoms with Crippen molar-refractivity contribution in [2.45, 2.75) is 44.4 Å². The van der Waals surface area contributed by atoms with Crippen LogP contribution in [-0.2, 0) is 10.0 Å². The quantitative estimate of drug-likeness (QED) is 0.891. The first kappa shape index (κ1) is 15.1. The van der Waals surface area contributed by atoms with E-state index in [0.29, 0.717) is 10.1 Å². The van der Waals surface area contributed by atoms with E-state index in [-0.39, 0.29) is 6.04 Å². The largest absolute Gasteiger partial charge is 0.250 e. The van der Waals surface area contributed by atoms with Crippen LogP contribution in [0, 0.1) is 12.8 Å². The highest BCUT2D eigenvalue weighted by atomic mass is 79.9. The topological polar surface area (TPSA) is 46.2 Å². The van der Waals surface area contributed by atoms with Crippen molar-refractivity contribution in [3.8, 4) is 0 Å². The zero-order chi connectivity index (χ0) is 13.2. The molecule has 0 aliphatic carbocycles. The van der Waals surface area contributed by atoms with Crippen LogP contribution in [0.4, 0.5) is 0 Å². The predicted molar refractivity (Wildman–Crippen MR) is 76.0 cm³/mol. The Bertz CT molecular complexity index is 460. The monoisotopic (exact) mass is 339 g/mol. The highest BCUT2D eigenvalue weighted by Crippen LogP contribution is 2.30. The van der Waals surface area contributed by atoms with Gasteiger partial charge in [-0.2, -0.15) is 0 Å². The highest BCUT2D eigenvalue weighted by Gasteiger charge is 2.23. The van der Waals surface area contributed by atoms with Crippen molar-refractivity contribution in [1.29, 1.82) is 0 Å². The lowest BCUT2D eigenvalue weighted by atomic mass is 10.0. The molecule has 3 nitrogen and oxygen atoms in total.